The summed E-state index contributed by atoms with van der Waals surface area (Å²) in [6, 6.07) is 22.9. The number of carbonyl (C=O) groups is 2. The molecule has 43 heavy (non-hydrogen) atoms. The fraction of sp³-hybridized carbons (Fsp3) is 0.444. The lowest BCUT2D eigenvalue weighted by atomic mass is 9.89. The molecule has 7 heteroatoms. The van der Waals surface area contributed by atoms with Crippen LogP contribution in [0, 0.1) is 5.92 Å². The summed E-state index contributed by atoms with van der Waals surface area (Å²) in [4.78, 5) is 27.0. The number of amides is 1. The summed E-state index contributed by atoms with van der Waals surface area (Å²) in [6.07, 6.45) is 5.89. The van der Waals surface area contributed by atoms with E-state index < -0.39 is 6.29 Å². The lowest BCUT2D eigenvalue weighted by Crippen LogP contribution is -2.45. The largest absolute Gasteiger partial charge is 0.392 e. The molecule has 1 amide bonds. The van der Waals surface area contributed by atoms with E-state index in [1.807, 2.05) is 36.4 Å². The first kappa shape index (κ1) is 31.1. The quantitative estimate of drug-likeness (QED) is 0.275. The first-order valence-electron chi connectivity index (χ1n) is 15.6. The molecule has 2 aliphatic rings. The van der Waals surface area contributed by atoms with Crippen LogP contribution in [0.15, 0.2) is 72.8 Å². The first-order valence-corrected chi connectivity index (χ1v) is 15.6. The molecular formula is C36H44N2O5. The van der Waals surface area contributed by atoms with E-state index in [1.54, 1.807) is 24.3 Å². The van der Waals surface area contributed by atoms with Crippen LogP contribution in [0.4, 0.5) is 5.69 Å². The van der Waals surface area contributed by atoms with Gasteiger partial charge in [0.25, 0.3) is 0 Å². The van der Waals surface area contributed by atoms with Gasteiger partial charge in [-0.15, -0.1) is 0 Å². The summed E-state index contributed by atoms with van der Waals surface area (Å²) in [5.74, 6) is -0.0416. The number of ether oxygens (including phenoxy) is 2. The molecular weight excluding hydrogens is 540 g/mol. The van der Waals surface area contributed by atoms with Crippen LogP contribution < -0.4 is 5.32 Å². The minimum absolute atomic E-state index is 0.00286. The number of Topliss-reactive ketones (excluding diaryl/α,β-unsaturated/α-hetero) is 1. The Morgan fingerprint density at radius 3 is 2.19 bits per heavy atom. The number of anilines is 1. The topological polar surface area (TPSA) is 88.1 Å². The van der Waals surface area contributed by atoms with Gasteiger partial charge in [-0.2, -0.15) is 0 Å². The number of aliphatic hydroxyl groups is 1. The standard InChI is InChI=1S/C36H44N2O5/c1-25-33(23-38-19-6-4-3-5-7-20-38)42-36(43-35(25)29-15-13-28(24-39)14-16-29)30-17-11-27(12-18-30)21-34(41)37-32-10-8-9-31(22-32)26(2)40/h8-18,22,25,33,35-36,39H,3-7,19-21,23-24H2,1-2H3,(H,37,41)/t25-,33+,35+,36?/m0/s1. The Hall–Kier alpha value is -3.36. The number of hydrogen-bond donors (Lipinski definition) is 2. The monoisotopic (exact) mass is 584 g/mol. The Balaban J connectivity index is 1.29. The van der Waals surface area contributed by atoms with E-state index in [1.165, 1.54) is 39.0 Å². The van der Waals surface area contributed by atoms with Gasteiger partial charge in [0.15, 0.2) is 12.1 Å². The SMILES string of the molecule is CC(=O)c1cccc(NC(=O)Cc2ccc(C3O[C@H](CN4CCCCCCC4)[C@H](C)[C@H](c4ccc(CO)cc4)O3)cc2)c1. The highest BCUT2D eigenvalue weighted by atomic mass is 16.7. The molecule has 0 radical (unpaired) electrons. The molecule has 228 valence electrons. The number of carbonyl (C=O) groups excluding carboxylic acids is 2. The number of nitrogens with zero attached hydrogens (tertiary/aromatic N) is 1. The van der Waals surface area contributed by atoms with Crippen molar-refractivity contribution in [3.05, 3.63) is 101 Å². The van der Waals surface area contributed by atoms with Crippen molar-refractivity contribution in [2.45, 2.75) is 77.5 Å². The molecule has 0 saturated carbocycles. The third-order valence-electron chi connectivity index (χ3n) is 8.68. The van der Waals surface area contributed by atoms with Gasteiger partial charge in [-0.25, -0.2) is 0 Å². The van der Waals surface area contributed by atoms with Gasteiger partial charge in [0.1, 0.15) is 0 Å². The van der Waals surface area contributed by atoms with Crippen LogP contribution in [0.2, 0.25) is 0 Å². The maximum absolute atomic E-state index is 12.7. The predicted octanol–water partition coefficient (Wildman–Crippen LogP) is 6.62. The molecule has 3 aromatic carbocycles. The molecule has 2 saturated heterocycles. The number of ketones is 1. The highest BCUT2D eigenvalue weighted by molar-refractivity contribution is 5.97. The van der Waals surface area contributed by atoms with Gasteiger partial charge in [-0.3, -0.25) is 9.59 Å². The zero-order valence-corrected chi connectivity index (χ0v) is 25.3. The van der Waals surface area contributed by atoms with Gasteiger partial charge in [0.05, 0.1) is 25.2 Å². The smallest absolute Gasteiger partial charge is 0.228 e. The summed E-state index contributed by atoms with van der Waals surface area (Å²) < 4.78 is 13.3. The van der Waals surface area contributed by atoms with Crippen LogP contribution in [0.25, 0.3) is 0 Å². The van der Waals surface area contributed by atoms with Crippen molar-refractivity contribution in [2.75, 3.05) is 25.0 Å². The second-order valence-electron chi connectivity index (χ2n) is 12.0. The molecule has 7 nitrogen and oxygen atoms in total. The van der Waals surface area contributed by atoms with E-state index in [9.17, 15) is 14.7 Å². The summed E-state index contributed by atoms with van der Waals surface area (Å²) in [7, 11) is 0. The molecule has 5 rings (SSSR count). The number of nitrogens with one attached hydrogen (secondary N) is 1. The molecule has 0 spiro atoms. The fourth-order valence-corrected chi connectivity index (χ4v) is 6.08. The molecule has 2 fully saturated rings. The predicted molar refractivity (Wildman–Crippen MR) is 168 cm³/mol. The van der Waals surface area contributed by atoms with Gasteiger partial charge in [-0.1, -0.05) is 86.8 Å². The van der Waals surface area contributed by atoms with Crippen molar-refractivity contribution < 1.29 is 24.2 Å². The zero-order chi connectivity index (χ0) is 30.2. The summed E-state index contributed by atoms with van der Waals surface area (Å²) in [5, 5.41) is 12.4. The second-order valence-corrected chi connectivity index (χ2v) is 12.0. The molecule has 1 unspecified atom stereocenters. The van der Waals surface area contributed by atoms with Gasteiger partial charge in [0, 0.05) is 29.3 Å². The van der Waals surface area contributed by atoms with Gasteiger partial charge in [0.2, 0.25) is 5.91 Å². The Kier molecular flexibility index (Phi) is 10.8. The van der Waals surface area contributed by atoms with Crippen LogP contribution in [-0.4, -0.2) is 47.4 Å². The van der Waals surface area contributed by atoms with Crippen molar-refractivity contribution in [1.29, 1.82) is 0 Å². The first-order chi connectivity index (χ1) is 20.9. The number of benzene rings is 3. The minimum atomic E-state index is -0.532. The van der Waals surface area contributed by atoms with Crippen LogP contribution in [0.5, 0.6) is 0 Å². The fourth-order valence-electron chi connectivity index (χ4n) is 6.08. The minimum Gasteiger partial charge on any atom is -0.392 e. The average molecular weight is 585 g/mol. The second kappa shape index (κ2) is 14.9. The third-order valence-corrected chi connectivity index (χ3v) is 8.68. The molecule has 3 aromatic rings. The van der Waals surface area contributed by atoms with Gasteiger partial charge in [-0.05, 0) is 61.7 Å². The number of aliphatic hydroxyl groups excluding tert-OH is 1. The van der Waals surface area contributed by atoms with Crippen molar-refractivity contribution in [3.8, 4) is 0 Å². The zero-order valence-electron chi connectivity index (χ0n) is 25.3. The molecule has 2 heterocycles. The summed E-state index contributed by atoms with van der Waals surface area (Å²) in [6.45, 7) is 6.81. The van der Waals surface area contributed by atoms with E-state index in [0.29, 0.717) is 11.3 Å². The lowest BCUT2D eigenvalue weighted by Gasteiger charge is -2.43. The number of rotatable bonds is 9. The molecule has 2 aliphatic heterocycles. The van der Waals surface area contributed by atoms with Crippen LogP contribution in [-0.2, 0) is 27.3 Å². The van der Waals surface area contributed by atoms with Crippen molar-refractivity contribution in [3.63, 3.8) is 0 Å². The van der Waals surface area contributed by atoms with Crippen molar-refractivity contribution in [1.82, 2.24) is 4.90 Å². The molecule has 4 atom stereocenters. The molecule has 0 aliphatic carbocycles. The normalized spacial score (nSPS) is 23.2. The molecule has 0 aromatic heterocycles. The van der Waals surface area contributed by atoms with E-state index in [2.05, 4.69) is 29.3 Å². The highest BCUT2D eigenvalue weighted by Crippen LogP contribution is 2.42. The van der Waals surface area contributed by atoms with E-state index >= 15 is 0 Å². The van der Waals surface area contributed by atoms with Crippen LogP contribution in [0.1, 0.15) is 91.0 Å². The number of hydrogen-bond acceptors (Lipinski definition) is 6. The van der Waals surface area contributed by atoms with Crippen LogP contribution >= 0.6 is 0 Å². The lowest BCUT2D eigenvalue weighted by molar-refractivity contribution is -0.276. The number of likely N-dealkylation sites (tertiary alicyclic amines) is 1. The molecule has 0 bridgehead atoms. The summed E-state index contributed by atoms with van der Waals surface area (Å²) in [5.41, 5.74) is 4.93. The summed E-state index contributed by atoms with van der Waals surface area (Å²) >= 11 is 0. The van der Waals surface area contributed by atoms with E-state index in [0.717, 1.165) is 41.9 Å². The van der Waals surface area contributed by atoms with Crippen molar-refractivity contribution >= 4 is 17.4 Å². The maximum atomic E-state index is 12.7. The Labute approximate surface area is 255 Å². The highest BCUT2D eigenvalue weighted by Gasteiger charge is 2.39. The third kappa shape index (κ3) is 8.39. The van der Waals surface area contributed by atoms with Crippen LogP contribution in [0.3, 0.4) is 0 Å². The van der Waals surface area contributed by atoms with Gasteiger partial charge >= 0.3 is 0 Å². The Bertz CT molecular complexity index is 1350. The van der Waals surface area contributed by atoms with Gasteiger partial charge < -0.3 is 24.8 Å². The van der Waals surface area contributed by atoms with E-state index in [-0.39, 0.29) is 42.8 Å². The van der Waals surface area contributed by atoms with Crippen molar-refractivity contribution in [2.24, 2.45) is 5.92 Å². The molecule has 2 N–H and O–H groups in total. The van der Waals surface area contributed by atoms with E-state index in [4.69, 9.17) is 9.47 Å². The Morgan fingerprint density at radius 2 is 1.51 bits per heavy atom. The Morgan fingerprint density at radius 1 is 0.860 bits per heavy atom. The maximum Gasteiger partial charge on any atom is 0.228 e. The average Bonchev–Trinajstić information content (AvgIpc) is 3.00.